The standard InChI is InChI=1S/C12H16IN3O3/c1-12(2,11(14)16-19)6-15-10(18)8-5-7(13)3-4-9(8)17/h3-5,17,19H,6H2,1-2H3,(H2,14,16)(H,15,18). The highest BCUT2D eigenvalue weighted by atomic mass is 127. The number of carbonyl (C=O) groups is 1. The summed E-state index contributed by atoms with van der Waals surface area (Å²) in [5.74, 6) is -0.464. The SMILES string of the molecule is CC(C)(CNC(=O)c1cc(I)ccc1O)/C(N)=N/O. The maximum Gasteiger partial charge on any atom is 0.255 e. The Bertz CT molecular complexity index is 515. The summed E-state index contributed by atoms with van der Waals surface area (Å²) in [6.07, 6.45) is 0. The lowest BCUT2D eigenvalue weighted by atomic mass is 9.92. The van der Waals surface area contributed by atoms with Gasteiger partial charge in [0.05, 0.1) is 5.56 Å². The van der Waals surface area contributed by atoms with E-state index in [1.807, 2.05) is 0 Å². The number of nitrogens with zero attached hydrogens (tertiary/aromatic N) is 1. The van der Waals surface area contributed by atoms with Crippen LogP contribution < -0.4 is 11.1 Å². The number of halogens is 1. The van der Waals surface area contributed by atoms with E-state index in [-0.39, 0.29) is 23.7 Å². The van der Waals surface area contributed by atoms with E-state index in [1.165, 1.54) is 6.07 Å². The molecule has 0 fully saturated rings. The third kappa shape index (κ3) is 3.98. The molecule has 0 aromatic heterocycles. The number of amides is 1. The minimum absolute atomic E-state index is 0.0275. The first-order valence-corrected chi connectivity index (χ1v) is 6.60. The molecule has 1 rings (SSSR count). The van der Waals surface area contributed by atoms with Crippen molar-refractivity contribution in [3.63, 3.8) is 0 Å². The number of hydrogen-bond acceptors (Lipinski definition) is 4. The molecule has 7 heteroatoms. The number of aromatic hydroxyl groups is 1. The predicted octanol–water partition coefficient (Wildman–Crippen LogP) is 1.50. The molecule has 0 aliphatic heterocycles. The summed E-state index contributed by atoms with van der Waals surface area (Å²) in [7, 11) is 0. The van der Waals surface area contributed by atoms with E-state index in [0.717, 1.165) is 3.57 Å². The maximum atomic E-state index is 12.0. The molecular formula is C12H16IN3O3. The van der Waals surface area contributed by atoms with E-state index in [0.29, 0.717) is 0 Å². The molecule has 104 valence electrons. The summed E-state index contributed by atoms with van der Waals surface area (Å²) >= 11 is 2.05. The van der Waals surface area contributed by atoms with Gasteiger partial charge in [0.2, 0.25) is 0 Å². The predicted molar refractivity (Wildman–Crippen MR) is 80.3 cm³/mol. The van der Waals surface area contributed by atoms with Gasteiger partial charge in [-0.15, -0.1) is 0 Å². The van der Waals surface area contributed by atoms with Crippen molar-refractivity contribution in [3.05, 3.63) is 27.3 Å². The monoisotopic (exact) mass is 377 g/mol. The first-order chi connectivity index (χ1) is 8.77. The van der Waals surface area contributed by atoms with Crippen LogP contribution in [0.2, 0.25) is 0 Å². The number of carbonyl (C=O) groups excluding carboxylic acids is 1. The van der Waals surface area contributed by atoms with Gasteiger partial charge in [-0.2, -0.15) is 0 Å². The van der Waals surface area contributed by atoms with Crippen molar-refractivity contribution < 1.29 is 15.1 Å². The van der Waals surface area contributed by atoms with Gasteiger partial charge in [-0.3, -0.25) is 4.79 Å². The smallest absolute Gasteiger partial charge is 0.255 e. The molecule has 0 saturated heterocycles. The zero-order valence-corrected chi connectivity index (χ0v) is 12.8. The molecule has 1 amide bonds. The fourth-order valence-corrected chi connectivity index (χ4v) is 1.80. The number of phenolic OH excluding ortho intramolecular Hbond substituents is 1. The molecular weight excluding hydrogens is 361 g/mol. The lowest BCUT2D eigenvalue weighted by Crippen LogP contribution is -2.42. The Kier molecular flexibility index (Phi) is 4.98. The number of oxime groups is 1. The van der Waals surface area contributed by atoms with Crippen LogP contribution in [-0.2, 0) is 0 Å². The lowest BCUT2D eigenvalue weighted by Gasteiger charge is -2.23. The second-order valence-electron chi connectivity index (χ2n) is 4.71. The van der Waals surface area contributed by atoms with Gasteiger partial charge >= 0.3 is 0 Å². The summed E-state index contributed by atoms with van der Waals surface area (Å²) < 4.78 is 0.844. The fraction of sp³-hybridized carbons (Fsp3) is 0.333. The van der Waals surface area contributed by atoms with Gasteiger partial charge in [0.1, 0.15) is 11.6 Å². The summed E-state index contributed by atoms with van der Waals surface area (Å²) in [4.78, 5) is 12.0. The van der Waals surface area contributed by atoms with Crippen LogP contribution >= 0.6 is 22.6 Å². The maximum absolute atomic E-state index is 12.0. The minimum atomic E-state index is -0.679. The van der Waals surface area contributed by atoms with Crippen molar-refractivity contribution in [1.29, 1.82) is 0 Å². The number of phenols is 1. The molecule has 0 bridgehead atoms. The molecule has 0 heterocycles. The summed E-state index contributed by atoms with van der Waals surface area (Å²) in [5, 5.41) is 23.9. The van der Waals surface area contributed by atoms with Gasteiger partial charge < -0.3 is 21.4 Å². The van der Waals surface area contributed by atoms with Crippen molar-refractivity contribution >= 4 is 34.3 Å². The van der Waals surface area contributed by atoms with Gasteiger partial charge in [-0.1, -0.05) is 19.0 Å². The number of benzene rings is 1. The third-order valence-corrected chi connectivity index (χ3v) is 3.37. The highest BCUT2D eigenvalue weighted by Gasteiger charge is 2.25. The van der Waals surface area contributed by atoms with E-state index >= 15 is 0 Å². The van der Waals surface area contributed by atoms with Crippen molar-refractivity contribution in [2.45, 2.75) is 13.8 Å². The summed E-state index contributed by atoms with van der Waals surface area (Å²) in [6.45, 7) is 3.65. The van der Waals surface area contributed by atoms with Crippen molar-refractivity contribution in [2.75, 3.05) is 6.54 Å². The Hall–Kier alpha value is -1.51. The van der Waals surface area contributed by atoms with Gasteiger partial charge in [0.15, 0.2) is 0 Å². The molecule has 0 aliphatic carbocycles. The van der Waals surface area contributed by atoms with E-state index in [4.69, 9.17) is 10.9 Å². The van der Waals surface area contributed by atoms with Gasteiger partial charge in [-0.25, -0.2) is 0 Å². The number of nitrogens with one attached hydrogen (secondary N) is 1. The summed E-state index contributed by atoms with van der Waals surface area (Å²) in [5.41, 5.74) is 5.05. The van der Waals surface area contributed by atoms with E-state index in [9.17, 15) is 9.90 Å². The Morgan fingerprint density at radius 2 is 2.16 bits per heavy atom. The molecule has 19 heavy (non-hydrogen) atoms. The highest BCUT2D eigenvalue weighted by Crippen LogP contribution is 2.20. The lowest BCUT2D eigenvalue weighted by molar-refractivity contribution is 0.0941. The van der Waals surface area contributed by atoms with E-state index < -0.39 is 11.3 Å². The van der Waals surface area contributed by atoms with E-state index in [1.54, 1.807) is 26.0 Å². The molecule has 0 spiro atoms. The third-order valence-electron chi connectivity index (χ3n) is 2.70. The largest absolute Gasteiger partial charge is 0.507 e. The van der Waals surface area contributed by atoms with Crippen LogP contribution in [-0.4, -0.2) is 28.6 Å². The average molecular weight is 377 g/mol. The minimum Gasteiger partial charge on any atom is -0.507 e. The summed E-state index contributed by atoms with van der Waals surface area (Å²) in [6, 6.07) is 4.75. The molecule has 5 N–H and O–H groups in total. The van der Waals surface area contributed by atoms with Crippen LogP contribution in [0, 0.1) is 8.99 Å². The molecule has 0 saturated carbocycles. The molecule has 0 aliphatic rings. The Balaban J connectivity index is 2.79. The van der Waals surface area contributed by atoms with Crippen LogP contribution in [0.1, 0.15) is 24.2 Å². The molecule has 0 atom stereocenters. The fourth-order valence-electron chi connectivity index (χ4n) is 1.31. The van der Waals surface area contributed by atoms with Gasteiger partial charge in [0.25, 0.3) is 5.91 Å². The number of amidine groups is 1. The quantitative estimate of drug-likeness (QED) is 0.210. The van der Waals surface area contributed by atoms with Crippen molar-refractivity contribution in [2.24, 2.45) is 16.3 Å². The van der Waals surface area contributed by atoms with Crippen molar-refractivity contribution in [1.82, 2.24) is 5.32 Å². The Morgan fingerprint density at radius 3 is 2.74 bits per heavy atom. The topological polar surface area (TPSA) is 108 Å². The van der Waals surface area contributed by atoms with Crippen LogP contribution in [0.4, 0.5) is 0 Å². The molecule has 1 aromatic carbocycles. The van der Waals surface area contributed by atoms with Gasteiger partial charge in [-0.05, 0) is 40.8 Å². The van der Waals surface area contributed by atoms with E-state index in [2.05, 4.69) is 33.1 Å². The first-order valence-electron chi connectivity index (χ1n) is 5.52. The molecule has 0 radical (unpaired) electrons. The first kappa shape index (κ1) is 15.5. The number of hydrogen-bond donors (Lipinski definition) is 4. The highest BCUT2D eigenvalue weighted by molar-refractivity contribution is 14.1. The zero-order chi connectivity index (χ0) is 14.6. The number of nitrogens with two attached hydrogens (primary N) is 1. The molecule has 0 unspecified atom stereocenters. The van der Waals surface area contributed by atoms with Crippen LogP contribution in [0.3, 0.4) is 0 Å². The zero-order valence-electron chi connectivity index (χ0n) is 10.6. The van der Waals surface area contributed by atoms with Crippen LogP contribution in [0.25, 0.3) is 0 Å². The Morgan fingerprint density at radius 1 is 1.53 bits per heavy atom. The molecule has 1 aromatic rings. The normalized spacial score (nSPS) is 12.3. The van der Waals surface area contributed by atoms with Gasteiger partial charge in [0, 0.05) is 15.5 Å². The van der Waals surface area contributed by atoms with Crippen LogP contribution in [0.5, 0.6) is 5.75 Å². The second-order valence-corrected chi connectivity index (χ2v) is 5.96. The second kappa shape index (κ2) is 6.09. The molecule has 6 nitrogen and oxygen atoms in total. The van der Waals surface area contributed by atoms with Crippen LogP contribution in [0.15, 0.2) is 23.4 Å². The average Bonchev–Trinajstić information content (AvgIpc) is 2.37. The Labute approximate surface area is 124 Å². The number of rotatable bonds is 4. The van der Waals surface area contributed by atoms with Crippen molar-refractivity contribution in [3.8, 4) is 5.75 Å².